The fraction of sp³-hybridized carbons (Fsp3) is 0.250. The van der Waals surface area contributed by atoms with Crippen molar-refractivity contribution in [2.75, 3.05) is 25.0 Å². The predicted octanol–water partition coefficient (Wildman–Crippen LogP) is 3.23. The fourth-order valence-electron chi connectivity index (χ4n) is 3.23. The molecule has 0 unspecified atom stereocenters. The van der Waals surface area contributed by atoms with Crippen molar-refractivity contribution in [1.82, 2.24) is 15.3 Å². The number of aromatic nitrogens is 2. The highest BCUT2D eigenvalue weighted by Crippen LogP contribution is 2.25. The molecule has 1 fully saturated rings. The van der Waals surface area contributed by atoms with Gasteiger partial charge < -0.3 is 15.0 Å². The maximum absolute atomic E-state index is 11.4. The number of nitrogens with zero attached hydrogens (tertiary/aromatic N) is 3. The SMILES string of the molecule is CNC(=O)O[C@H]1CCN(c2nccc(-c3ccc4ccccc4c3)n2)C1. The number of amides is 1. The van der Waals surface area contributed by atoms with Crippen LogP contribution in [0.25, 0.3) is 22.0 Å². The van der Waals surface area contributed by atoms with E-state index in [-0.39, 0.29) is 6.10 Å². The van der Waals surface area contributed by atoms with Gasteiger partial charge in [0.1, 0.15) is 6.10 Å². The van der Waals surface area contributed by atoms with E-state index < -0.39 is 6.09 Å². The molecule has 1 aromatic heterocycles. The first kappa shape index (κ1) is 16.3. The van der Waals surface area contributed by atoms with Gasteiger partial charge in [0.05, 0.1) is 12.2 Å². The monoisotopic (exact) mass is 348 g/mol. The molecule has 2 heterocycles. The normalized spacial score (nSPS) is 16.7. The Hall–Kier alpha value is -3.15. The van der Waals surface area contributed by atoms with Crippen LogP contribution in [0.15, 0.2) is 54.7 Å². The summed E-state index contributed by atoms with van der Waals surface area (Å²) in [5.74, 6) is 0.665. The van der Waals surface area contributed by atoms with Crippen molar-refractivity contribution < 1.29 is 9.53 Å². The molecule has 0 radical (unpaired) electrons. The quantitative estimate of drug-likeness (QED) is 0.787. The minimum absolute atomic E-state index is 0.136. The number of hydrogen-bond acceptors (Lipinski definition) is 5. The first-order valence-electron chi connectivity index (χ1n) is 8.68. The zero-order valence-corrected chi connectivity index (χ0v) is 14.6. The van der Waals surface area contributed by atoms with E-state index in [4.69, 9.17) is 9.72 Å². The number of benzene rings is 2. The minimum atomic E-state index is -0.400. The number of carbonyl (C=O) groups excluding carboxylic acids is 1. The van der Waals surface area contributed by atoms with E-state index in [0.717, 1.165) is 24.2 Å². The van der Waals surface area contributed by atoms with Gasteiger partial charge in [-0.05, 0) is 22.9 Å². The molecule has 4 rings (SSSR count). The second kappa shape index (κ2) is 7.00. The van der Waals surface area contributed by atoms with Crippen molar-refractivity contribution in [3.63, 3.8) is 0 Å². The van der Waals surface area contributed by atoms with Crippen molar-refractivity contribution in [2.45, 2.75) is 12.5 Å². The third kappa shape index (κ3) is 3.31. The number of hydrogen-bond donors (Lipinski definition) is 1. The van der Waals surface area contributed by atoms with Crippen LogP contribution in [-0.2, 0) is 4.74 Å². The van der Waals surface area contributed by atoms with Gasteiger partial charge in [-0.2, -0.15) is 0 Å². The van der Waals surface area contributed by atoms with Gasteiger partial charge >= 0.3 is 6.09 Å². The molecule has 0 saturated carbocycles. The fourth-order valence-corrected chi connectivity index (χ4v) is 3.23. The zero-order chi connectivity index (χ0) is 17.9. The van der Waals surface area contributed by atoms with E-state index in [9.17, 15) is 4.79 Å². The molecule has 26 heavy (non-hydrogen) atoms. The predicted molar refractivity (Wildman–Crippen MR) is 101 cm³/mol. The zero-order valence-electron chi connectivity index (χ0n) is 14.6. The van der Waals surface area contributed by atoms with Crippen LogP contribution in [0.1, 0.15) is 6.42 Å². The molecule has 1 aliphatic rings. The number of ether oxygens (including phenoxy) is 1. The van der Waals surface area contributed by atoms with Crippen LogP contribution in [0, 0.1) is 0 Å². The summed E-state index contributed by atoms with van der Waals surface area (Å²) in [7, 11) is 1.56. The third-order valence-corrected chi connectivity index (χ3v) is 4.59. The van der Waals surface area contributed by atoms with Gasteiger partial charge in [-0.1, -0.05) is 36.4 Å². The van der Waals surface area contributed by atoms with Crippen LogP contribution in [0.2, 0.25) is 0 Å². The van der Waals surface area contributed by atoms with Crippen LogP contribution in [0.5, 0.6) is 0 Å². The Bertz CT molecular complexity index is 944. The lowest BCUT2D eigenvalue weighted by atomic mass is 10.1. The summed E-state index contributed by atoms with van der Waals surface area (Å²) in [5.41, 5.74) is 1.95. The van der Waals surface area contributed by atoms with Crippen LogP contribution in [-0.4, -0.2) is 42.3 Å². The molecule has 132 valence electrons. The highest BCUT2D eigenvalue weighted by Gasteiger charge is 2.27. The van der Waals surface area contributed by atoms with E-state index >= 15 is 0 Å². The largest absolute Gasteiger partial charge is 0.444 e. The smallest absolute Gasteiger partial charge is 0.407 e. The Morgan fingerprint density at radius 1 is 1.19 bits per heavy atom. The molecule has 0 spiro atoms. The molecule has 6 nitrogen and oxygen atoms in total. The van der Waals surface area contributed by atoms with Crippen LogP contribution in [0.3, 0.4) is 0 Å². The Morgan fingerprint density at radius 3 is 2.88 bits per heavy atom. The standard InChI is InChI=1S/C20H20N4O2/c1-21-20(25)26-17-9-11-24(13-17)19-22-10-8-18(23-19)16-7-6-14-4-2-3-5-15(14)12-16/h2-8,10,12,17H,9,11,13H2,1H3,(H,21,25)/t17-/m0/s1. The van der Waals surface area contributed by atoms with Crippen molar-refractivity contribution >= 4 is 22.8 Å². The van der Waals surface area contributed by atoms with E-state index in [2.05, 4.69) is 45.5 Å². The summed E-state index contributed by atoms with van der Waals surface area (Å²) in [6.07, 6.45) is 2.02. The topological polar surface area (TPSA) is 67.3 Å². The summed E-state index contributed by atoms with van der Waals surface area (Å²) in [6, 6.07) is 16.5. The maximum Gasteiger partial charge on any atom is 0.407 e. The first-order chi connectivity index (χ1) is 12.7. The number of anilines is 1. The van der Waals surface area contributed by atoms with Crippen molar-refractivity contribution in [1.29, 1.82) is 0 Å². The highest BCUT2D eigenvalue weighted by molar-refractivity contribution is 5.86. The lowest BCUT2D eigenvalue weighted by Gasteiger charge is -2.17. The Kier molecular flexibility index (Phi) is 4.39. The lowest BCUT2D eigenvalue weighted by molar-refractivity contribution is 0.110. The number of rotatable bonds is 3. The maximum atomic E-state index is 11.4. The summed E-state index contributed by atoms with van der Waals surface area (Å²) < 4.78 is 5.33. The second-order valence-electron chi connectivity index (χ2n) is 6.32. The second-order valence-corrected chi connectivity index (χ2v) is 6.32. The van der Waals surface area contributed by atoms with E-state index in [1.807, 2.05) is 18.2 Å². The molecule has 1 aliphatic heterocycles. The number of fused-ring (bicyclic) bond motifs is 1. The van der Waals surface area contributed by atoms with Gasteiger partial charge in [0.15, 0.2) is 0 Å². The van der Waals surface area contributed by atoms with E-state index in [1.165, 1.54) is 10.8 Å². The molecular formula is C20H20N4O2. The minimum Gasteiger partial charge on any atom is -0.444 e. The average molecular weight is 348 g/mol. The van der Waals surface area contributed by atoms with Crippen molar-refractivity contribution in [3.8, 4) is 11.3 Å². The summed E-state index contributed by atoms with van der Waals surface area (Å²) >= 11 is 0. The van der Waals surface area contributed by atoms with Crippen LogP contribution < -0.4 is 10.2 Å². The van der Waals surface area contributed by atoms with Gasteiger partial charge in [0.25, 0.3) is 0 Å². The molecule has 1 amide bonds. The molecule has 3 aromatic rings. The van der Waals surface area contributed by atoms with Crippen molar-refractivity contribution in [2.24, 2.45) is 0 Å². The molecular weight excluding hydrogens is 328 g/mol. The first-order valence-corrected chi connectivity index (χ1v) is 8.68. The summed E-state index contributed by atoms with van der Waals surface area (Å²) in [5, 5.41) is 4.87. The van der Waals surface area contributed by atoms with Crippen LogP contribution in [0.4, 0.5) is 10.7 Å². The van der Waals surface area contributed by atoms with E-state index in [0.29, 0.717) is 12.5 Å². The Morgan fingerprint density at radius 2 is 2.04 bits per heavy atom. The van der Waals surface area contributed by atoms with Gasteiger partial charge in [0.2, 0.25) is 5.95 Å². The molecule has 1 atom stereocenters. The van der Waals surface area contributed by atoms with E-state index in [1.54, 1.807) is 13.2 Å². The molecule has 1 N–H and O–H groups in total. The lowest BCUT2D eigenvalue weighted by Crippen LogP contribution is -2.29. The molecule has 2 aromatic carbocycles. The van der Waals surface area contributed by atoms with Crippen molar-refractivity contribution in [3.05, 3.63) is 54.7 Å². The number of carbonyl (C=O) groups is 1. The summed E-state index contributed by atoms with van der Waals surface area (Å²) in [6.45, 7) is 1.37. The molecule has 0 bridgehead atoms. The Balaban J connectivity index is 1.56. The van der Waals surface area contributed by atoms with Gasteiger partial charge in [0, 0.05) is 31.8 Å². The molecule has 6 heteroatoms. The van der Waals surface area contributed by atoms with Gasteiger partial charge in [-0.3, -0.25) is 0 Å². The van der Waals surface area contributed by atoms with Gasteiger partial charge in [-0.15, -0.1) is 0 Å². The highest BCUT2D eigenvalue weighted by atomic mass is 16.6. The Labute approximate surface area is 151 Å². The third-order valence-electron chi connectivity index (χ3n) is 4.59. The van der Waals surface area contributed by atoms with Gasteiger partial charge in [-0.25, -0.2) is 14.8 Å². The van der Waals surface area contributed by atoms with Crippen LogP contribution >= 0.6 is 0 Å². The summed E-state index contributed by atoms with van der Waals surface area (Å²) in [4.78, 5) is 22.6. The average Bonchev–Trinajstić information content (AvgIpc) is 3.16. The number of alkyl carbamates (subject to hydrolysis) is 1. The molecule has 0 aliphatic carbocycles. The number of nitrogens with one attached hydrogen (secondary N) is 1. The molecule has 1 saturated heterocycles.